The lowest BCUT2D eigenvalue weighted by Crippen LogP contribution is -2.26. The fourth-order valence-corrected chi connectivity index (χ4v) is 5.08. The fourth-order valence-electron chi connectivity index (χ4n) is 5.08. The highest BCUT2D eigenvalue weighted by Gasteiger charge is 2.39. The zero-order valence-corrected chi connectivity index (χ0v) is 16.2. The standard InChI is InChI=1S/C22H34O4/c1-3-26-22(25-2)12-11-18(23)10-9-15-7-8-17-14-20-16(13-19(15)17)5-4-6-21(20)24/h4-6,15,17-19,22-24H,3,7-14H2,1-2H3. The molecule has 1 aromatic rings. The summed E-state index contributed by atoms with van der Waals surface area (Å²) in [6, 6.07) is 5.96. The minimum Gasteiger partial charge on any atom is -0.508 e. The molecule has 0 radical (unpaired) electrons. The lowest BCUT2D eigenvalue weighted by Gasteiger charge is -2.32. The number of ether oxygens (including phenoxy) is 2. The van der Waals surface area contributed by atoms with Crippen molar-refractivity contribution < 1.29 is 19.7 Å². The average Bonchev–Trinajstić information content (AvgIpc) is 3.04. The van der Waals surface area contributed by atoms with E-state index in [1.807, 2.05) is 19.1 Å². The van der Waals surface area contributed by atoms with Gasteiger partial charge in [0.1, 0.15) is 5.75 Å². The molecular weight excluding hydrogens is 328 g/mol. The van der Waals surface area contributed by atoms with Crippen molar-refractivity contribution in [2.75, 3.05) is 13.7 Å². The Balaban J connectivity index is 1.48. The normalized spacial score (nSPS) is 27.0. The molecule has 0 amide bonds. The van der Waals surface area contributed by atoms with Crippen LogP contribution in [0.15, 0.2) is 18.2 Å². The maximum Gasteiger partial charge on any atom is 0.157 e. The van der Waals surface area contributed by atoms with E-state index in [0.717, 1.165) is 38.5 Å². The molecule has 0 heterocycles. The molecule has 1 fully saturated rings. The highest BCUT2D eigenvalue weighted by atomic mass is 16.7. The van der Waals surface area contributed by atoms with Crippen LogP contribution >= 0.6 is 0 Å². The SMILES string of the molecule is CCOC(CCC(O)CCC1CCC2Cc3c(O)cccc3CC12)OC. The molecule has 2 aliphatic rings. The van der Waals surface area contributed by atoms with Gasteiger partial charge in [-0.3, -0.25) is 0 Å². The first-order valence-corrected chi connectivity index (χ1v) is 10.2. The largest absolute Gasteiger partial charge is 0.508 e. The Bertz CT molecular complexity index is 573. The number of methoxy groups -OCH3 is 1. The van der Waals surface area contributed by atoms with Gasteiger partial charge in [0.15, 0.2) is 6.29 Å². The zero-order valence-electron chi connectivity index (χ0n) is 16.2. The van der Waals surface area contributed by atoms with E-state index in [-0.39, 0.29) is 12.4 Å². The predicted octanol–water partition coefficient (Wildman–Crippen LogP) is 4.06. The zero-order chi connectivity index (χ0) is 18.5. The van der Waals surface area contributed by atoms with Gasteiger partial charge in [-0.15, -0.1) is 0 Å². The van der Waals surface area contributed by atoms with Crippen LogP contribution in [0.1, 0.15) is 56.6 Å². The molecule has 2 N–H and O–H groups in total. The van der Waals surface area contributed by atoms with Gasteiger partial charge in [0, 0.05) is 20.1 Å². The van der Waals surface area contributed by atoms with Crippen LogP contribution in [0.4, 0.5) is 0 Å². The maximum atomic E-state index is 10.4. The Hall–Kier alpha value is -1.10. The van der Waals surface area contributed by atoms with Crippen molar-refractivity contribution >= 4 is 0 Å². The van der Waals surface area contributed by atoms with E-state index in [4.69, 9.17) is 9.47 Å². The highest BCUT2D eigenvalue weighted by molar-refractivity contribution is 5.41. The van der Waals surface area contributed by atoms with Crippen LogP contribution in [-0.2, 0) is 22.3 Å². The molecule has 5 atom stereocenters. The summed E-state index contributed by atoms with van der Waals surface area (Å²) < 4.78 is 10.8. The summed E-state index contributed by atoms with van der Waals surface area (Å²) in [6.45, 7) is 2.60. The summed E-state index contributed by atoms with van der Waals surface area (Å²) in [5.41, 5.74) is 2.51. The number of aromatic hydroxyl groups is 1. The Morgan fingerprint density at radius 1 is 1.15 bits per heavy atom. The van der Waals surface area contributed by atoms with E-state index < -0.39 is 0 Å². The smallest absolute Gasteiger partial charge is 0.157 e. The van der Waals surface area contributed by atoms with Crippen LogP contribution in [0, 0.1) is 17.8 Å². The minimum absolute atomic E-state index is 0.201. The van der Waals surface area contributed by atoms with E-state index in [2.05, 4.69) is 6.07 Å². The van der Waals surface area contributed by atoms with Crippen LogP contribution in [0.3, 0.4) is 0 Å². The number of fused-ring (bicyclic) bond motifs is 2. The first-order chi connectivity index (χ1) is 12.6. The number of phenols is 1. The lowest BCUT2D eigenvalue weighted by molar-refractivity contribution is -0.127. The molecule has 0 bridgehead atoms. The van der Waals surface area contributed by atoms with Crippen LogP contribution in [0.5, 0.6) is 5.75 Å². The molecule has 4 nitrogen and oxygen atoms in total. The summed E-state index contributed by atoms with van der Waals surface area (Å²) in [7, 11) is 1.66. The second-order valence-electron chi connectivity index (χ2n) is 8.01. The van der Waals surface area contributed by atoms with Gasteiger partial charge in [-0.05, 0) is 86.8 Å². The van der Waals surface area contributed by atoms with E-state index in [1.54, 1.807) is 7.11 Å². The van der Waals surface area contributed by atoms with Gasteiger partial charge in [0.05, 0.1) is 6.10 Å². The first kappa shape index (κ1) is 19.7. The molecule has 3 rings (SSSR count). The topological polar surface area (TPSA) is 58.9 Å². The van der Waals surface area contributed by atoms with Gasteiger partial charge in [0.2, 0.25) is 0 Å². The van der Waals surface area contributed by atoms with Crippen molar-refractivity contribution in [2.45, 2.75) is 70.7 Å². The van der Waals surface area contributed by atoms with Crippen molar-refractivity contribution in [3.63, 3.8) is 0 Å². The molecule has 0 spiro atoms. The minimum atomic E-state index is -0.271. The van der Waals surface area contributed by atoms with Gasteiger partial charge in [-0.25, -0.2) is 0 Å². The van der Waals surface area contributed by atoms with Crippen LogP contribution in [0.2, 0.25) is 0 Å². The first-order valence-electron chi connectivity index (χ1n) is 10.2. The van der Waals surface area contributed by atoms with E-state index >= 15 is 0 Å². The van der Waals surface area contributed by atoms with Gasteiger partial charge in [0.25, 0.3) is 0 Å². The molecule has 4 heteroatoms. The Kier molecular flexibility index (Phi) is 6.96. The molecule has 2 aliphatic carbocycles. The van der Waals surface area contributed by atoms with Crippen molar-refractivity contribution in [2.24, 2.45) is 17.8 Å². The third-order valence-corrected chi connectivity index (χ3v) is 6.51. The van der Waals surface area contributed by atoms with Crippen LogP contribution < -0.4 is 0 Å². The summed E-state index contributed by atoms with van der Waals surface area (Å²) in [4.78, 5) is 0. The number of aliphatic hydroxyl groups is 1. The van der Waals surface area contributed by atoms with Gasteiger partial charge in [-0.1, -0.05) is 12.1 Å². The number of benzene rings is 1. The second kappa shape index (κ2) is 9.20. The number of hydrogen-bond acceptors (Lipinski definition) is 4. The van der Waals surface area contributed by atoms with Crippen LogP contribution in [-0.4, -0.2) is 36.3 Å². The third kappa shape index (κ3) is 4.59. The van der Waals surface area contributed by atoms with E-state index in [1.165, 1.54) is 24.0 Å². The lowest BCUT2D eigenvalue weighted by atomic mass is 9.73. The van der Waals surface area contributed by atoms with Gasteiger partial charge >= 0.3 is 0 Å². The summed E-state index contributed by atoms with van der Waals surface area (Å²) in [5, 5.41) is 20.5. The highest BCUT2D eigenvalue weighted by Crippen LogP contribution is 2.48. The maximum absolute atomic E-state index is 10.4. The second-order valence-corrected chi connectivity index (χ2v) is 8.01. The van der Waals surface area contributed by atoms with Gasteiger partial charge < -0.3 is 19.7 Å². The van der Waals surface area contributed by atoms with Crippen LogP contribution in [0.25, 0.3) is 0 Å². The predicted molar refractivity (Wildman–Crippen MR) is 102 cm³/mol. The van der Waals surface area contributed by atoms with E-state index in [0.29, 0.717) is 30.1 Å². The molecular formula is C22H34O4. The number of phenolic OH excluding ortho intramolecular Hbond substituents is 1. The Morgan fingerprint density at radius 3 is 2.77 bits per heavy atom. The van der Waals surface area contributed by atoms with Crippen molar-refractivity contribution in [3.8, 4) is 5.75 Å². The average molecular weight is 363 g/mol. The van der Waals surface area contributed by atoms with Gasteiger partial charge in [-0.2, -0.15) is 0 Å². The monoisotopic (exact) mass is 362 g/mol. The van der Waals surface area contributed by atoms with Crippen molar-refractivity contribution in [1.82, 2.24) is 0 Å². The molecule has 1 saturated carbocycles. The van der Waals surface area contributed by atoms with Crippen molar-refractivity contribution in [1.29, 1.82) is 0 Å². The fraction of sp³-hybridized carbons (Fsp3) is 0.727. The molecule has 26 heavy (non-hydrogen) atoms. The van der Waals surface area contributed by atoms with Crippen molar-refractivity contribution in [3.05, 3.63) is 29.3 Å². The quantitative estimate of drug-likeness (QED) is 0.650. The number of rotatable bonds is 9. The Labute approximate surface area is 157 Å². The molecule has 0 aliphatic heterocycles. The summed E-state index contributed by atoms with van der Waals surface area (Å²) in [6.07, 6.45) is 7.60. The third-order valence-electron chi connectivity index (χ3n) is 6.51. The number of aliphatic hydroxyl groups excluding tert-OH is 1. The molecule has 5 unspecified atom stereocenters. The summed E-state index contributed by atoms with van der Waals surface area (Å²) >= 11 is 0. The molecule has 0 saturated heterocycles. The summed E-state index contributed by atoms with van der Waals surface area (Å²) in [5.74, 6) is 2.59. The molecule has 0 aromatic heterocycles. The Morgan fingerprint density at radius 2 is 2.00 bits per heavy atom. The molecule has 146 valence electrons. The number of hydrogen-bond donors (Lipinski definition) is 2. The van der Waals surface area contributed by atoms with E-state index in [9.17, 15) is 10.2 Å². The molecule has 1 aromatic carbocycles.